The molecule has 0 fully saturated rings. The topological polar surface area (TPSA) is 94.1 Å². The summed E-state index contributed by atoms with van der Waals surface area (Å²) in [5, 5.41) is 26.8. The first kappa shape index (κ1) is 27.9. The van der Waals surface area contributed by atoms with Crippen LogP contribution in [0.5, 0.6) is 5.75 Å². The van der Waals surface area contributed by atoms with Gasteiger partial charge in [0.05, 0.1) is 6.61 Å². The van der Waals surface area contributed by atoms with Gasteiger partial charge in [0, 0.05) is 30.5 Å². The van der Waals surface area contributed by atoms with Crippen LogP contribution in [0.2, 0.25) is 0 Å². The minimum atomic E-state index is -0.738. The predicted octanol–water partition coefficient (Wildman–Crippen LogP) is 5.18. The molecule has 7 heteroatoms. The van der Waals surface area contributed by atoms with E-state index in [9.17, 15) is 15.0 Å². The van der Waals surface area contributed by atoms with Crippen molar-refractivity contribution in [3.05, 3.63) is 126 Å². The molecular formula is C32H35N3O4. The number of aliphatic hydroxyl groups excluding tert-OH is 2. The fourth-order valence-electron chi connectivity index (χ4n) is 4.31. The number of urea groups is 1. The lowest BCUT2D eigenvalue weighted by atomic mass is 10.0. The average molecular weight is 526 g/mol. The Bertz CT molecular complexity index is 1260. The Balaban J connectivity index is 1.38. The third-order valence-corrected chi connectivity index (χ3v) is 6.30. The van der Waals surface area contributed by atoms with Crippen molar-refractivity contribution in [1.82, 2.24) is 4.90 Å². The van der Waals surface area contributed by atoms with Gasteiger partial charge in [-0.2, -0.15) is 0 Å². The van der Waals surface area contributed by atoms with Crippen LogP contribution in [0.15, 0.2) is 115 Å². The molecule has 202 valence electrons. The van der Waals surface area contributed by atoms with Crippen LogP contribution >= 0.6 is 0 Å². The zero-order chi connectivity index (χ0) is 27.3. The number of carbonyl (C=O) groups is 1. The van der Waals surface area contributed by atoms with E-state index in [2.05, 4.69) is 15.5 Å². The number of ether oxygens (including phenoxy) is 1. The van der Waals surface area contributed by atoms with Crippen LogP contribution in [0.1, 0.15) is 11.1 Å². The van der Waals surface area contributed by atoms with Gasteiger partial charge < -0.3 is 25.6 Å². The highest BCUT2D eigenvalue weighted by Crippen LogP contribution is 2.17. The summed E-state index contributed by atoms with van der Waals surface area (Å²) in [7, 11) is 0. The van der Waals surface area contributed by atoms with Crippen LogP contribution in [-0.2, 0) is 13.0 Å². The number of amides is 2. The largest absolute Gasteiger partial charge is 0.491 e. The summed E-state index contributed by atoms with van der Waals surface area (Å²) >= 11 is 0. The maximum atomic E-state index is 12.3. The van der Waals surface area contributed by atoms with E-state index in [0.717, 1.165) is 11.1 Å². The summed E-state index contributed by atoms with van der Waals surface area (Å²) in [6.07, 6.45) is -0.163. The van der Waals surface area contributed by atoms with Gasteiger partial charge in [0.1, 0.15) is 18.5 Å². The number of hydrogen-bond acceptors (Lipinski definition) is 5. The first-order valence-electron chi connectivity index (χ1n) is 13.1. The molecule has 0 aliphatic carbocycles. The molecule has 0 saturated heterocycles. The van der Waals surface area contributed by atoms with E-state index >= 15 is 0 Å². The van der Waals surface area contributed by atoms with Gasteiger partial charge in [-0.1, -0.05) is 78.9 Å². The summed E-state index contributed by atoms with van der Waals surface area (Å²) in [4.78, 5) is 14.4. The zero-order valence-corrected chi connectivity index (χ0v) is 21.8. The standard InChI is InChI=1S/C32H35N3O4/c36-23-29(20-25-16-18-28(19-17-25)34-32(38)33-27-12-6-2-7-13-27)35(21-26-10-4-1-5-11-26)22-30(37)24-39-31-14-8-3-9-15-31/h1-19,29-30,36-37H,20-24H2,(H2,33,34,38). The number of hydrogen-bond donors (Lipinski definition) is 4. The summed E-state index contributed by atoms with van der Waals surface area (Å²) in [6.45, 7) is 0.997. The van der Waals surface area contributed by atoms with Crippen molar-refractivity contribution in [2.75, 3.05) is 30.4 Å². The second-order valence-electron chi connectivity index (χ2n) is 9.38. The van der Waals surface area contributed by atoms with Crippen LogP contribution in [0.25, 0.3) is 0 Å². The Labute approximate surface area is 229 Å². The predicted molar refractivity (Wildman–Crippen MR) is 155 cm³/mol. The summed E-state index contributed by atoms with van der Waals surface area (Å²) in [5.74, 6) is 0.705. The van der Waals surface area contributed by atoms with Crippen LogP contribution < -0.4 is 15.4 Å². The molecule has 7 nitrogen and oxygen atoms in total. The molecule has 0 radical (unpaired) electrons. The van der Waals surface area contributed by atoms with E-state index in [1.807, 2.05) is 115 Å². The molecule has 2 unspecified atom stereocenters. The molecule has 0 aliphatic heterocycles. The third kappa shape index (κ3) is 9.26. The molecule has 0 saturated carbocycles. The smallest absolute Gasteiger partial charge is 0.323 e. The maximum absolute atomic E-state index is 12.3. The molecule has 0 heterocycles. The number of nitrogens with zero attached hydrogens (tertiary/aromatic N) is 1. The van der Waals surface area contributed by atoms with Gasteiger partial charge in [0.25, 0.3) is 0 Å². The highest BCUT2D eigenvalue weighted by Gasteiger charge is 2.22. The molecule has 0 bridgehead atoms. The lowest BCUT2D eigenvalue weighted by Crippen LogP contribution is -2.44. The van der Waals surface area contributed by atoms with Crippen molar-refractivity contribution in [2.45, 2.75) is 25.1 Å². The summed E-state index contributed by atoms with van der Waals surface area (Å²) in [6, 6.07) is 35.7. The van der Waals surface area contributed by atoms with Crippen molar-refractivity contribution < 1.29 is 19.7 Å². The molecule has 39 heavy (non-hydrogen) atoms. The van der Waals surface area contributed by atoms with Gasteiger partial charge >= 0.3 is 6.03 Å². The molecule has 2 atom stereocenters. The minimum absolute atomic E-state index is 0.0709. The van der Waals surface area contributed by atoms with Crippen molar-refractivity contribution in [3.63, 3.8) is 0 Å². The fourth-order valence-corrected chi connectivity index (χ4v) is 4.31. The third-order valence-electron chi connectivity index (χ3n) is 6.30. The molecule has 0 aliphatic rings. The highest BCUT2D eigenvalue weighted by atomic mass is 16.5. The number of rotatable bonds is 13. The van der Waals surface area contributed by atoms with E-state index in [1.54, 1.807) is 0 Å². The Hall–Kier alpha value is -4.17. The fraction of sp³-hybridized carbons (Fsp3) is 0.219. The first-order valence-corrected chi connectivity index (χ1v) is 13.1. The van der Waals surface area contributed by atoms with E-state index in [-0.39, 0.29) is 25.3 Å². The summed E-state index contributed by atoms with van der Waals surface area (Å²) in [5.41, 5.74) is 3.49. The average Bonchev–Trinajstić information content (AvgIpc) is 2.97. The molecule has 4 rings (SSSR count). The zero-order valence-electron chi connectivity index (χ0n) is 21.8. The van der Waals surface area contributed by atoms with E-state index in [1.165, 1.54) is 0 Å². The van der Waals surface area contributed by atoms with Crippen molar-refractivity contribution in [2.24, 2.45) is 0 Å². The Kier molecular flexibility index (Phi) is 10.5. The molecule has 4 N–H and O–H groups in total. The number of benzene rings is 4. The van der Waals surface area contributed by atoms with E-state index in [0.29, 0.717) is 36.6 Å². The summed E-state index contributed by atoms with van der Waals surface area (Å²) < 4.78 is 5.75. The van der Waals surface area contributed by atoms with Crippen LogP contribution in [0.4, 0.5) is 16.2 Å². The highest BCUT2D eigenvalue weighted by molar-refractivity contribution is 5.99. The van der Waals surface area contributed by atoms with Gasteiger partial charge in [0.2, 0.25) is 0 Å². The lowest BCUT2D eigenvalue weighted by molar-refractivity contribution is 0.0335. The number of nitrogens with one attached hydrogen (secondary N) is 2. The Morgan fingerprint density at radius 2 is 1.31 bits per heavy atom. The SMILES string of the molecule is O=C(Nc1ccccc1)Nc1ccc(CC(CO)N(Cc2ccccc2)CC(O)COc2ccccc2)cc1. The second-order valence-corrected chi connectivity index (χ2v) is 9.38. The quantitative estimate of drug-likeness (QED) is 0.193. The molecule has 4 aromatic rings. The first-order chi connectivity index (χ1) is 19.1. The van der Waals surface area contributed by atoms with Gasteiger partial charge in [-0.25, -0.2) is 4.79 Å². The van der Waals surface area contributed by atoms with Crippen LogP contribution in [0, 0.1) is 0 Å². The number of carbonyl (C=O) groups excluding carboxylic acids is 1. The Morgan fingerprint density at radius 1 is 0.744 bits per heavy atom. The molecule has 2 amide bonds. The van der Waals surface area contributed by atoms with Gasteiger partial charge in [-0.15, -0.1) is 0 Å². The van der Waals surface area contributed by atoms with Gasteiger partial charge in [0.15, 0.2) is 0 Å². The van der Waals surface area contributed by atoms with Crippen molar-refractivity contribution >= 4 is 17.4 Å². The lowest BCUT2D eigenvalue weighted by Gasteiger charge is -2.32. The van der Waals surface area contributed by atoms with Crippen LogP contribution in [-0.4, -0.2) is 53.0 Å². The number of aliphatic hydroxyl groups is 2. The van der Waals surface area contributed by atoms with Gasteiger partial charge in [-0.05, 0) is 53.9 Å². The molecule has 0 spiro atoms. The molecular weight excluding hydrogens is 490 g/mol. The number of para-hydroxylation sites is 2. The monoisotopic (exact) mass is 525 g/mol. The van der Waals surface area contributed by atoms with E-state index < -0.39 is 6.10 Å². The van der Waals surface area contributed by atoms with Crippen molar-refractivity contribution in [3.8, 4) is 5.75 Å². The molecule has 4 aromatic carbocycles. The second kappa shape index (κ2) is 14.7. The van der Waals surface area contributed by atoms with E-state index in [4.69, 9.17) is 4.74 Å². The van der Waals surface area contributed by atoms with Crippen LogP contribution in [0.3, 0.4) is 0 Å². The molecule has 0 aromatic heterocycles. The number of anilines is 2. The van der Waals surface area contributed by atoms with Gasteiger partial charge in [-0.3, -0.25) is 4.90 Å². The Morgan fingerprint density at radius 3 is 1.92 bits per heavy atom. The minimum Gasteiger partial charge on any atom is -0.491 e. The normalized spacial score (nSPS) is 12.5. The van der Waals surface area contributed by atoms with Crippen molar-refractivity contribution in [1.29, 1.82) is 0 Å². The maximum Gasteiger partial charge on any atom is 0.323 e.